The number of rotatable bonds is 7. The number of anilines is 1. The highest BCUT2D eigenvalue weighted by molar-refractivity contribution is 9.10. The number of thiocarbonyl (C=S) groups is 1. The third-order valence-electron chi connectivity index (χ3n) is 6.03. The van der Waals surface area contributed by atoms with Crippen molar-refractivity contribution in [1.82, 2.24) is 5.32 Å². The fourth-order valence-corrected chi connectivity index (χ4v) is 5.08. The fourth-order valence-electron chi connectivity index (χ4n) is 4.23. The van der Waals surface area contributed by atoms with E-state index in [2.05, 4.69) is 33.4 Å². The number of nitrogens with zero attached hydrogens (tertiary/aromatic N) is 1. The highest BCUT2D eigenvalue weighted by atomic mass is 79.9. The number of para-hydroxylation sites is 1. The molecule has 1 aliphatic heterocycles. The van der Waals surface area contributed by atoms with Crippen molar-refractivity contribution in [3.05, 3.63) is 106 Å². The standard InChI is InChI=1S/C30H22BrFN2O4S/c1-2-37-26-16-19(14-22-28(35)33-30(39)34(29(22)36)25-10-6-5-9-24(25)32)15-23(31)27(26)38-17-18-11-12-20-7-3-4-8-21(20)13-18/h3-16H,2,17H2,1H3,(H,33,35,39)/b22-14+. The molecule has 1 aliphatic rings. The van der Waals surface area contributed by atoms with E-state index in [1.54, 1.807) is 18.2 Å². The largest absolute Gasteiger partial charge is 0.490 e. The first-order valence-electron chi connectivity index (χ1n) is 12.1. The number of hydrogen-bond acceptors (Lipinski definition) is 5. The third-order valence-corrected chi connectivity index (χ3v) is 6.91. The number of hydrogen-bond donors (Lipinski definition) is 1. The minimum Gasteiger partial charge on any atom is -0.490 e. The number of amides is 2. The molecule has 0 atom stereocenters. The topological polar surface area (TPSA) is 67.9 Å². The smallest absolute Gasteiger partial charge is 0.270 e. The van der Waals surface area contributed by atoms with Crippen molar-refractivity contribution >= 4 is 67.6 Å². The maximum Gasteiger partial charge on any atom is 0.270 e. The molecule has 2 amide bonds. The van der Waals surface area contributed by atoms with Gasteiger partial charge in [0, 0.05) is 0 Å². The molecule has 6 nitrogen and oxygen atoms in total. The van der Waals surface area contributed by atoms with Crippen molar-refractivity contribution in [3.63, 3.8) is 0 Å². The van der Waals surface area contributed by atoms with Gasteiger partial charge in [-0.3, -0.25) is 14.9 Å². The van der Waals surface area contributed by atoms with Crippen LogP contribution in [0.3, 0.4) is 0 Å². The van der Waals surface area contributed by atoms with E-state index in [4.69, 9.17) is 21.7 Å². The zero-order chi connectivity index (χ0) is 27.5. The van der Waals surface area contributed by atoms with Crippen LogP contribution < -0.4 is 19.7 Å². The van der Waals surface area contributed by atoms with Crippen LogP contribution in [0.1, 0.15) is 18.1 Å². The van der Waals surface area contributed by atoms with Crippen molar-refractivity contribution in [2.45, 2.75) is 13.5 Å². The highest BCUT2D eigenvalue weighted by Crippen LogP contribution is 2.38. The summed E-state index contributed by atoms with van der Waals surface area (Å²) in [5, 5.41) is 4.53. The second-order valence-electron chi connectivity index (χ2n) is 8.64. The predicted octanol–water partition coefficient (Wildman–Crippen LogP) is 6.55. The number of nitrogens with one attached hydrogen (secondary N) is 1. The molecule has 9 heteroatoms. The lowest BCUT2D eigenvalue weighted by Gasteiger charge is -2.29. The Kier molecular flexibility index (Phi) is 7.72. The Morgan fingerprint density at radius 2 is 1.72 bits per heavy atom. The van der Waals surface area contributed by atoms with Crippen molar-refractivity contribution in [2.24, 2.45) is 0 Å². The molecule has 0 spiro atoms. The molecular formula is C30H22BrFN2O4S. The van der Waals surface area contributed by atoms with Crippen LogP contribution in [0.15, 0.2) is 88.9 Å². The number of ether oxygens (including phenoxy) is 2. The lowest BCUT2D eigenvalue weighted by atomic mass is 10.1. The van der Waals surface area contributed by atoms with Gasteiger partial charge in [-0.2, -0.15) is 0 Å². The van der Waals surface area contributed by atoms with Crippen molar-refractivity contribution < 1.29 is 23.5 Å². The summed E-state index contributed by atoms with van der Waals surface area (Å²) in [6.07, 6.45) is 1.41. The van der Waals surface area contributed by atoms with E-state index in [0.29, 0.717) is 34.7 Å². The SMILES string of the molecule is CCOc1cc(/C=C2\C(=O)NC(=S)N(c3ccccc3F)C2=O)cc(Br)c1OCc1ccc2ccccc2c1. The Balaban J connectivity index is 1.45. The number of benzene rings is 4. The summed E-state index contributed by atoms with van der Waals surface area (Å²) < 4.78 is 27.0. The molecular weight excluding hydrogens is 583 g/mol. The van der Waals surface area contributed by atoms with Crippen LogP contribution in [-0.2, 0) is 16.2 Å². The van der Waals surface area contributed by atoms with Crippen LogP contribution >= 0.6 is 28.1 Å². The van der Waals surface area contributed by atoms with E-state index in [-0.39, 0.29) is 16.4 Å². The molecule has 39 heavy (non-hydrogen) atoms. The Labute approximate surface area is 238 Å². The Bertz CT molecular complexity index is 1660. The maximum atomic E-state index is 14.5. The Hall–Kier alpha value is -4.08. The molecule has 0 aromatic heterocycles. The molecule has 5 rings (SSSR count). The molecule has 4 aromatic rings. The summed E-state index contributed by atoms with van der Waals surface area (Å²) in [4.78, 5) is 27.0. The van der Waals surface area contributed by atoms with Gasteiger partial charge < -0.3 is 9.47 Å². The van der Waals surface area contributed by atoms with Gasteiger partial charge in [0.2, 0.25) is 0 Å². The second-order valence-corrected chi connectivity index (χ2v) is 9.88. The quantitative estimate of drug-likeness (QED) is 0.147. The summed E-state index contributed by atoms with van der Waals surface area (Å²) in [6, 6.07) is 23.3. The lowest BCUT2D eigenvalue weighted by Crippen LogP contribution is -2.54. The minimum atomic E-state index is -0.737. The van der Waals surface area contributed by atoms with Crippen LogP contribution in [0, 0.1) is 5.82 Å². The molecule has 196 valence electrons. The molecule has 0 radical (unpaired) electrons. The van der Waals surface area contributed by atoms with E-state index in [1.165, 1.54) is 24.3 Å². The summed E-state index contributed by atoms with van der Waals surface area (Å²) >= 11 is 8.71. The van der Waals surface area contributed by atoms with Crippen LogP contribution in [0.5, 0.6) is 11.5 Å². The zero-order valence-corrected chi connectivity index (χ0v) is 23.1. The van der Waals surface area contributed by atoms with E-state index in [1.807, 2.05) is 37.3 Å². The van der Waals surface area contributed by atoms with Gasteiger partial charge in [0.1, 0.15) is 18.0 Å². The van der Waals surface area contributed by atoms with Crippen molar-refractivity contribution in [3.8, 4) is 11.5 Å². The van der Waals surface area contributed by atoms with Gasteiger partial charge in [0.15, 0.2) is 16.6 Å². The van der Waals surface area contributed by atoms with Crippen LogP contribution in [-0.4, -0.2) is 23.5 Å². The number of halogens is 2. The third kappa shape index (κ3) is 5.55. The van der Waals surface area contributed by atoms with Gasteiger partial charge in [0.25, 0.3) is 11.8 Å². The molecule has 1 heterocycles. The van der Waals surface area contributed by atoms with Gasteiger partial charge in [0.05, 0.1) is 16.8 Å². The maximum absolute atomic E-state index is 14.5. The monoisotopic (exact) mass is 604 g/mol. The normalized spacial score (nSPS) is 14.6. The molecule has 0 saturated carbocycles. The first-order valence-corrected chi connectivity index (χ1v) is 13.3. The van der Waals surface area contributed by atoms with E-state index >= 15 is 0 Å². The first-order chi connectivity index (χ1) is 18.9. The summed E-state index contributed by atoms with van der Waals surface area (Å²) in [7, 11) is 0. The molecule has 4 aromatic carbocycles. The minimum absolute atomic E-state index is 0.0491. The number of carbonyl (C=O) groups excluding carboxylic acids is 2. The highest BCUT2D eigenvalue weighted by Gasteiger charge is 2.35. The van der Waals surface area contributed by atoms with Crippen molar-refractivity contribution in [2.75, 3.05) is 11.5 Å². The summed E-state index contributed by atoms with van der Waals surface area (Å²) in [5.41, 5.74) is 1.24. The van der Waals surface area contributed by atoms with Gasteiger partial charge in [-0.25, -0.2) is 9.29 Å². The average molecular weight is 605 g/mol. The Morgan fingerprint density at radius 1 is 0.974 bits per heavy atom. The van der Waals surface area contributed by atoms with Crippen LogP contribution in [0.25, 0.3) is 16.8 Å². The van der Waals surface area contributed by atoms with Gasteiger partial charge in [-0.05, 0) is 93.4 Å². The van der Waals surface area contributed by atoms with Crippen molar-refractivity contribution in [1.29, 1.82) is 0 Å². The van der Waals surface area contributed by atoms with E-state index in [0.717, 1.165) is 21.2 Å². The molecule has 1 saturated heterocycles. The molecule has 0 unspecified atom stereocenters. The van der Waals surface area contributed by atoms with Crippen LogP contribution in [0.2, 0.25) is 0 Å². The van der Waals surface area contributed by atoms with Gasteiger partial charge >= 0.3 is 0 Å². The first kappa shape index (κ1) is 26.5. The Morgan fingerprint density at radius 3 is 2.49 bits per heavy atom. The average Bonchev–Trinajstić information content (AvgIpc) is 2.91. The van der Waals surface area contributed by atoms with Gasteiger partial charge in [-0.1, -0.05) is 48.5 Å². The van der Waals surface area contributed by atoms with Gasteiger partial charge in [-0.15, -0.1) is 0 Å². The zero-order valence-electron chi connectivity index (χ0n) is 20.7. The van der Waals surface area contributed by atoms with Crippen LogP contribution in [0.4, 0.5) is 10.1 Å². The summed E-state index contributed by atoms with van der Waals surface area (Å²) in [6.45, 7) is 2.52. The number of fused-ring (bicyclic) bond motifs is 1. The number of carbonyl (C=O) groups is 2. The second kappa shape index (κ2) is 11.3. The summed E-state index contributed by atoms with van der Waals surface area (Å²) in [5.74, 6) is -1.13. The molecule has 1 fully saturated rings. The fraction of sp³-hybridized carbons (Fsp3) is 0.100. The molecule has 1 N–H and O–H groups in total. The molecule has 0 bridgehead atoms. The molecule has 0 aliphatic carbocycles. The lowest BCUT2D eigenvalue weighted by molar-refractivity contribution is -0.122. The van der Waals surface area contributed by atoms with E-state index in [9.17, 15) is 14.0 Å². The van der Waals surface area contributed by atoms with E-state index < -0.39 is 17.6 Å². The predicted molar refractivity (Wildman–Crippen MR) is 156 cm³/mol.